The fourth-order valence-electron chi connectivity index (χ4n) is 2.43. The highest BCUT2D eigenvalue weighted by Gasteiger charge is 2.17. The third-order valence-electron chi connectivity index (χ3n) is 3.93. The van der Waals surface area contributed by atoms with E-state index in [0.717, 1.165) is 41.4 Å². The van der Waals surface area contributed by atoms with Gasteiger partial charge in [0.15, 0.2) is 0 Å². The van der Waals surface area contributed by atoms with E-state index in [9.17, 15) is 17.6 Å². The summed E-state index contributed by atoms with van der Waals surface area (Å²) in [4.78, 5) is 16.7. The second-order valence-corrected chi connectivity index (χ2v) is 9.06. The molecule has 0 fully saturated rings. The number of sulfonamides is 1. The Kier molecular flexibility index (Phi) is 6.51. The molecule has 0 bridgehead atoms. The lowest BCUT2D eigenvalue weighted by atomic mass is 10.2. The third kappa shape index (κ3) is 5.31. The van der Waals surface area contributed by atoms with Crippen molar-refractivity contribution in [3.05, 3.63) is 74.9 Å². The molecule has 0 aliphatic carbocycles. The molecule has 0 atom stereocenters. The predicted octanol–water partition coefficient (Wildman–Crippen LogP) is 4.23. The van der Waals surface area contributed by atoms with Gasteiger partial charge in [0.2, 0.25) is 0 Å². The molecule has 152 valence electrons. The van der Waals surface area contributed by atoms with Gasteiger partial charge in [-0.05, 0) is 48.9 Å². The Morgan fingerprint density at radius 1 is 1.21 bits per heavy atom. The first-order chi connectivity index (χ1) is 13.8. The van der Waals surface area contributed by atoms with Gasteiger partial charge in [0.05, 0.1) is 32.9 Å². The maximum Gasteiger partial charge on any atom is 0.261 e. The Hall–Kier alpha value is -2.49. The van der Waals surface area contributed by atoms with Crippen molar-refractivity contribution < 1.29 is 17.6 Å². The molecular formula is C19H17ClFN3O3S2. The molecule has 0 aliphatic rings. The number of hydrogen-bond donors (Lipinski definition) is 2. The lowest BCUT2D eigenvalue weighted by Crippen LogP contribution is -2.23. The van der Waals surface area contributed by atoms with Gasteiger partial charge in [-0.1, -0.05) is 18.5 Å². The van der Waals surface area contributed by atoms with Crippen LogP contribution in [-0.2, 0) is 23.0 Å². The number of nitrogens with one attached hydrogen (secondary N) is 2. The largest absolute Gasteiger partial charge is 0.346 e. The van der Waals surface area contributed by atoms with E-state index in [1.165, 1.54) is 29.5 Å². The standard InChI is InChI=1S/C19H17ClFN3O3S2/c1-2-18-23-14(11-28-18)10-22-19(25)12-3-8-16(20)17(9-12)24-29(26,27)15-6-4-13(21)5-7-15/h3-9,11,24H,2,10H2,1H3,(H,22,25). The smallest absolute Gasteiger partial charge is 0.261 e. The number of amides is 1. The van der Waals surface area contributed by atoms with Crippen molar-refractivity contribution in [2.24, 2.45) is 0 Å². The van der Waals surface area contributed by atoms with Crippen molar-refractivity contribution in [3.8, 4) is 0 Å². The summed E-state index contributed by atoms with van der Waals surface area (Å²) in [6.07, 6.45) is 0.827. The highest BCUT2D eigenvalue weighted by Crippen LogP contribution is 2.26. The summed E-state index contributed by atoms with van der Waals surface area (Å²) < 4.78 is 40.3. The van der Waals surface area contributed by atoms with E-state index < -0.39 is 21.7 Å². The molecule has 10 heteroatoms. The first kappa shape index (κ1) is 21.2. The average Bonchev–Trinajstić information content (AvgIpc) is 3.16. The summed E-state index contributed by atoms with van der Waals surface area (Å²) in [7, 11) is -3.99. The van der Waals surface area contributed by atoms with Crippen molar-refractivity contribution in [1.29, 1.82) is 0 Å². The van der Waals surface area contributed by atoms with Crippen LogP contribution in [0.2, 0.25) is 5.02 Å². The van der Waals surface area contributed by atoms with Gasteiger partial charge in [0.25, 0.3) is 15.9 Å². The first-order valence-corrected chi connectivity index (χ1v) is 11.3. The highest BCUT2D eigenvalue weighted by molar-refractivity contribution is 7.92. The van der Waals surface area contributed by atoms with Gasteiger partial charge in [-0.2, -0.15) is 0 Å². The Labute approximate surface area is 176 Å². The summed E-state index contributed by atoms with van der Waals surface area (Å²) in [5.74, 6) is -0.943. The third-order valence-corrected chi connectivity index (χ3v) is 6.68. The van der Waals surface area contributed by atoms with Crippen molar-refractivity contribution >= 4 is 44.6 Å². The second kappa shape index (κ2) is 8.89. The number of hydrogen-bond acceptors (Lipinski definition) is 5. The van der Waals surface area contributed by atoms with Crippen LogP contribution in [0.15, 0.2) is 52.7 Å². The molecule has 2 aromatic carbocycles. The zero-order valence-electron chi connectivity index (χ0n) is 15.3. The Bertz CT molecular complexity index is 1130. The summed E-state index contributed by atoms with van der Waals surface area (Å²) in [6.45, 7) is 2.26. The van der Waals surface area contributed by atoms with E-state index in [1.807, 2.05) is 12.3 Å². The number of carbonyl (C=O) groups excluding carboxylic acids is 1. The van der Waals surface area contributed by atoms with Crippen LogP contribution in [0.1, 0.15) is 28.0 Å². The van der Waals surface area contributed by atoms with Crippen molar-refractivity contribution in [1.82, 2.24) is 10.3 Å². The number of aromatic nitrogens is 1. The maximum atomic E-state index is 13.0. The Morgan fingerprint density at radius 2 is 1.93 bits per heavy atom. The van der Waals surface area contributed by atoms with Gasteiger partial charge >= 0.3 is 0 Å². The molecule has 0 aliphatic heterocycles. The maximum absolute atomic E-state index is 13.0. The predicted molar refractivity (Wildman–Crippen MR) is 111 cm³/mol. The molecule has 0 spiro atoms. The number of carbonyl (C=O) groups is 1. The van der Waals surface area contributed by atoms with Crippen molar-refractivity contribution in [3.63, 3.8) is 0 Å². The number of thiazole rings is 1. The molecule has 3 rings (SSSR count). The SMILES string of the molecule is CCc1nc(CNC(=O)c2ccc(Cl)c(NS(=O)(=O)c3ccc(F)cc3)c2)cs1. The van der Waals surface area contributed by atoms with Crippen LogP contribution in [0.4, 0.5) is 10.1 Å². The van der Waals surface area contributed by atoms with E-state index >= 15 is 0 Å². The van der Waals surface area contributed by atoms with Crippen LogP contribution < -0.4 is 10.0 Å². The zero-order valence-corrected chi connectivity index (χ0v) is 17.7. The summed E-state index contributed by atoms with van der Waals surface area (Å²) in [5.41, 5.74) is 1.04. The molecule has 1 aromatic heterocycles. The van der Waals surface area contributed by atoms with Crippen molar-refractivity contribution in [2.45, 2.75) is 24.8 Å². The first-order valence-electron chi connectivity index (χ1n) is 8.58. The van der Waals surface area contributed by atoms with Gasteiger partial charge in [0, 0.05) is 10.9 Å². The number of benzene rings is 2. The molecule has 3 aromatic rings. The van der Waals surface area contributed by atoms with Gasteiger partial charge < -0.3 is 5.32 Å². The quantitative estimate of drug-likeness (QED) is 0.560. The minimum Gasteiger partial charge on any atom is -0.346 e. The zero-order chi connectivity index (χ0) is 21.0. The van der Waals surface area contributed by atoms with Crippen LogP contribution in [-0.4, -0.2) is 19.3 Å². The minimum atomic E-state index is -3.99. The van der Waals surface area contributed by atoms with E-state index in [0.29, 0.717) is 0 Å². The molecule has 1 amide bonds. The van der Waals surface area contributed by atoms with E-state index in [1.54, 1.807) is 0 Å². The lowest BCUT2D eigenvalue weighted by molar-refractivity contribution is 0.0950. The molecule has 1 heterocycles. The van der Waals surface area contributed by atoms with E-state index in [2.05, 4.69) is 15.0 Å². The van der Waals surface area contributed by atoms with Gasteiger partial charge in [-0.3, -0.25) is 9.52 Å². The molecule has 2 N–H and O–H groups in total. The van der Waals surface area contributed by atoms with Gasteiger partial charge in [-0.15, -0.1) is 11.3 Å². The fourth-order valence-corrected chi connectivity index (χ4v) is 4.46. The number of aryl methyl sites for hydroxylation is 1. The summed E-state index contributed by atoms with van der Waals surface area (Å²) >= 11 is 7.61. The van der Waals surface area contributed by atoms with E-state index in [-0.39, 0.29) is 27.7 Å². The second-order valence-electron chi connectivity index (χ2n) is 6.02. The molecule has 0 unspecified atom stereocenters. The van der Waals surface area contributed by atoms with Gasteiger partial charge in [0.1, 0.15) is 5.82 Å². The van der Waals surface area contributed by atoms with Crippen LogP contribution in [0.5, 0.6) is 0 Å². The van der Waals surface area contributed by atoms with Crippen molar-refractivity contribution in [2.75, 3.05) is 4.72 Å². The Morgan fingerprint density at radius 3 is 2.59 bits per heavy atom. The number of halogens is 2. The van der Waals surface area contributed by atoms with Gasteiger partial charge in [-0.25, -0.2) is 17.8 Å². The number of rotatable bonds is 7. The topological polar surface area (TPSA) is 88.2 Å². The van der Waals surface area contributed by atoms with Crippen LogP contribution in [0, 0.1) is 5.82 Å². The average molecular weight is 454 g/mol. The normalized spacial score (nSPS) is 11.3. The monoisotopic (exact) mass is 453 g/mol. The highest BCUT2D eigenvalue weighted by atomic mass is 35.5. The number of anilines is 1. The van der Waals surface area contributed by atoms with Crippen LogP contribution in [0.25, 0.3) is 0 Å². The Balaban J connectivity index is 1.74. The summed E-state index contributed by atoms with van der Waals surface area (Å²) in [6, 6.07) is 8.63. The van der Waals surface area contributed by atoms with Crippen LogP contribution >= 0.6 is 22.9 Å². The lowest BCUT2D eigenvalue weighted by Gasteiger charge is -2.11. The van der Waals surface area contributed by atoms with Crippen LogP contribution in [0.3, 0.4) is 0 Å². The fraction of sp³-hybridized carbons (Fsp3) is 0.158. The molecule has 29 heavy (non-hydrogen) atoms. The molecule has 0 saturated heterocycles. The van der Waals surface area contributed by atoms with E-state index in [4.69, 9.17) is 11.6 Å². The number of nitrogens with zero attached hydrogens (tertiary/aromatic N) is 1. The molecule has 0 saturated carbocycles. The molecule has 6 nitrogen and oxygen atoms in total. The molecule has 0 radical (unpaired) electrons. The summed E-state index contributed by atoms with van der Waals surface area (Å²) in [5, 5.41) is 5.73. The minimum absolute atomic E-state index is 0.0468. The molecular weight excluding hydrogens is 437 g/mol.